The van der Waals surface area contributed by atoms with Crippen LogP contribution in [0.2, 0.25) is 0 Å². The average molecular weight is 244 g/mol. The van der Waals surface area contributed by atoms with Crippen molar-refractivity contribution < 1.29 is 9.53 Å². The predicted molar refractivity (Wildman–Crippen MR) is 71.0 cm³/mol. The van der Waals surface area contributed by atoms with Crippen LogP contribution in [0.4, 0.5) is 0 Å². The van der Waals surface area contributed by atoms with E-state index in [2.05, 4.69) is 31.0 Å². The van der Waals surface area contributed by atoms with Crippen molar-refractivity contribution in [2.75, 3.05) is 33.3 Å². The molecule has 0 aromatic heterocycles. The third-order valence-electron chi connectivity index (χ3n) is 2.26. The average Bonchev–Trinajstić information content (AvgIpc) is 2.14. The van der Waals surface area contributed by atoms with Gasteiger partial charge in [0.25, 0.3) is 0 Å². The number of hydrogen-bond donors (Lipinski definition) is 1. The van der Waals surface area contributed by atoms with E-state index in [1.807, 2.05) is 20.9 Å². The highest BCUT2D eigenvalue weighted by atomic mass is 16.5. The first-order valence-corrected chi connectivity index (χ1v) is 6.38. The molecule has 1 N–H and O–H groups in total. The normalized spacial score (nSPS) is 13.8. The van der Waals surface area contributed by atoms with Crippen LogP contribution in [0.25, 0.3) is 0 Å². The van der Waals surface area contributed by atoms with Crippen molar-refractivity contribution in [2.24, 2.45) is 5.41 Å². The second kappa shape index (κ2) is 7.67. The van der Waals surface area contributed by atoms with Gasteiger partial charge in [0.1, 0.15) is 6.04 Å². The Labute approximate surface area is 106 Å². The van der Waals surface area contributed by atoms with Crippen LogP contribution in [0.1, 0.15) is 34.6 Å². The summed E-state index contributed by atoms with van der Waals surface area (Å²) in [6.07, 6.45) is 0. The SMILES string of the molecule is CCNC(CN(C)CC(C)(C)C)C(=O)OCC. The molecule has 0 aliphatic rings. The van der Waals surface area contributed by atoms with Crippen molar-refractivity contribution >= 4 is 5.97 Å². The standard InChI is InChI=1S/C13H28N2O2/c1-7-14-11(12(16)17-8-2)9-15(6)10-13(3,4)5/h11,14H,7-10H2,1-6H3. The lowest BCUT2D eigenvalue weighted by Crippen LogP contribution is -2.47. The molecular weight excluding hydrogens is 216 g/mol. The summed E-state index contributed by atoms with van der Waals surface area (Å²) in [5, 5.41) is 3.17. The third-order valence-corrected chi connectivity index (χ3v) is 2.26. The van der Waals surface area contributed by atoms with Gasteiger partial charge in [-0.25, -0.2) is 0 Å². The van der Waals surface area contributed by atoms with E-state index in [4.69, 9.17) is 4.74 Å². The molecule has 0 aromatic carbocycles. The van der Waals surface area contributed by atoms with Gasteiger partial charge in [0.2, 0.25) is 0 Å². The van der Waals surface area contributed by atoms with E-state index in [0.717, 1.165) is 13.1 Å². The molecule has 0 saturated carbocycles. The monoisotopic (exact) mass is 244 g/mol. The van der Waals surface area contributed by atoms with Crippen LogP contribution in [-0.2, 0) is 9.53 Å². The van der Waals surface area contributed by atoms with Gasteiger partial charge in [-0.05, 0) is 25.9 Å². The van der Waals surface area contributed by atoms with Gasteiger partial charge >= 0.3 is 5.97 Å². The van der Waals surface area contributed by atoms with Crippen molar-refractivity contribution in [3.05, 3.63) is 0 Å². The first-order valence-electron chi connectivity index (χ1n) is 6.38. The molecule has 0 bridgehead atoms. The Kier molecular flexibility index (Phi) is 7.39. The van der Waals surface area contributed by atoms with Gasteiger partial charge in [-0.2, -0.15) is 0 Å². The highest BCUT2D eigenvalue weighted by molar-refractivity contribution is 5.76. The maximum atomic E-state index is 11.7. The predicted octanol–water partition coefficient (Wildman–Crippen LogP) is 1.51. The van der Waals surface area contributed by atoms with E-state index >= 15 is 0 Å². The van der Waals surface area contributed by atoms with E-state index in [-0.39, 0.29) is 17.4 Å². The maximum absolute atomic E-state index is 11.7. The van der Waals surface area contributed by atoms with Crippen LogP contribution < -0.4 is 5.32 Å². The zero-order valence-corrected chi connectivity index (χ0v) is 12.2. The summed E-state index contributed by atoms with van der Waals surface area (Å²) >= 11 is 0. The van der Waals surface area contributed by atoms with Crippen molar-refractivity contribution in [2.45, 2.75) is 40.7 Å². The molecule has 0 aliphatic carbocycles. The molecule has 0 aromatic rings. The van der Waals surface area contributed by atoms with E-state index in [9.17, 15) is 4.79 Å². The van der Waals surface area contributed by atoms with Gasteiger partial charge in [-0.15, -0.1) is 0 Å². The largest absolute Gasteiger partial charge is 0.465 e. The fourth-order valence-electron chi connectivity index (χ4n) is 1.90. The number of carbonyl (C=O) groups excluding carboxylic acids is 1. The molecule has 1 unspecified atom stereocenters. The van der Waals surface area contributed by atoms with Gasteiger partial charge in [-0.3, -0.25) is 4.79 Å². The number of hydrogen-bond acceptors (Lipinski definition) is 4. The number of carbonyl (C=O) groups is 1. The fraction of sp³-hybridized carbons (Fsp3) is 0.923. The number of esters is 1. The van der Waals surface area contributed by atoms with Crippen molar-refractivity contribution in [3.63, 3.8) is 0 Å². The summed E-state index contributed by atoms with van der Waals surface area (Å²) in [5.41, 5.74) is 0.236. The molecular formula is C13H28N2O2. The third kappa shape index (κ3) is 8.16. The molecule has 4 heteroatoms. The van der Waals surface area contributed by atoms with Crippen LogP contribution in [0.3, 0.4) is 0 Å². The minimum absolute atomic E-state index is 0.157. The molecule has 0 fully saturated rings. The summed E-state index contributed by atoms with van der Waals surface area (Å²) in [7, 11) is 2.04. The summed E-state index contributed by atoms with van der Waals surface area (Å²) in [6.45, 7) is 13.2. The van der Waals surface area contributed by atoms with Gasteiger partial charge in [0.05, 0.1) is 6.61 Å². The van der Waals surface area contributed by atoms with Crippen LogP contribution >= 0.6 is 0 Å². The van der Waals surface area contributed by atoms with Crippen molar-refractivity contribution in [3.8, 4) is 0 Å². The Morgan fingerprint density at radius 3 is 2.35 bits per heavy atom. The second-order valence-electron chi connectivity index (χ2n) is 5.62. The van der Waals surface area contributed by atoms with Crippen molar-refractivity contribution in [1.82, 2.24) is 10.2 Å². The number of nitrogens with zero attached hydrogens (tertiary/aromatic N) is 1. The van der Waals surface area contributed by atoms with Gasteiger partial charge in [0.15, 0.2) is 0 Å². The lowest BCUT2D eigenvalue weighted by molar-refractivity contribution is -0.146. The smallest absolute Gasteiger partial charge is 0.324 e. The molecule has 1 atom stereocenters. The number of likely N-dealkylation sites (N-methyl/N-ethyl adjacent to an activating group) is 2. The maximum Gasteiger partial charge on any atom is 0.324 e. The Morgan fingerprint density at radius 2 is 1.94 bits per heavy atom. The molecule has 0 saturated heterocycles. The van der Waals surface area contributed by atoms with E-state index < -0.39 is 0 Å². The Balaban J connectivity index is 4.28. The minimum atomic E-state index is -0.229. The first kappa shape index (κ1) is 16.4. The Morgan fingerprint density at radius 1 is 1.35 bits per heavy atom. The zero-order chi connectivity index (χ0) is 13.5. The van der Waals surface area contributed by atoms with Gasteiger partial charge < -0.3 is 15.0 Å². The van der Waals surface area contributed by atoms with Crippen LogP contribution in [-0.4, -0.2) is 50.2 Å². The number of nitrogens with one attached hydrogen (secondary N) is 1. The summed E-state index contributed by atoms with van der Waals surface area (Å²) in [6, 6.07) is -0.229. The van der Waals surface area contributed by atoms with Crippen LogP contribution in [0.15, 0.2) is 0 Å². The van der Waals surface area contributed by atoms with Crippen LogP contribution in [0, 0.1) is 5.41 Å². The van der Waals surface area contributed by atoms with Crippen LogP contribution in [0.5, 0.6) is 0 Å². The molecule has 17 heavy (non-hydrogen) atoms. The van der Waals surface area contributed by atoms with Crippen molar-refractivity contribution in [1.29, 1.82) is 0 Å². The Hall–Kier alpha value is -0.610. The molecule has 0 radical (unpaired) electrons. The fourth-order valence-corrected chi connectivity index (χ4v) is 1.90. The second-order valence-corrected chi connectivity index (χ2v) is 5.62. The van der Waals surface area contributed by atoms with Gasteiger partial charge in [-0.1, -0.05) is 27.7 Å². The molecule has 0 spiro atoms. The highest BCUT2D eigenvalue weighted by Crippen LogP contribution is 2.14. The summed E-state index contributed by atoms with van der Waals surface area (Å²) in [5.74, 6) is -0.157. The molecule has 102 valence electrons. The molecule has 0 aliphatic heterocycles. The quantitative estimate of drug-likeness (QED) is 0.689. The first-order chi connectivity index (χ1) is 7.80. The molecule has 0 heterocycles. The van der Waals surface area contributed by atoms with Gasteiger partial charge in [0, 0.05) is 13.1 Å². The Bertz CT molecular complexity index is 224. The van der Waals surface area contributed by atoms with E-state index in [1.54, 1.807) is 0 Å². The lowest BCUT2D eigenvalue weighted by atomic mass is 9.96. The topological polar surface area (TPSA) is 41.6 Å². The summed E-state index contributed by atoms with van der Waals surface area (Å²) < 4.78 is 5.06. The number of rotatable bonds is 7. The lowest BCUT2D eigenvalue weighted by Gasteiger charge is -2.29. The number of ether oxygens (including phenoxy) is 1. The summed E-state index contributed by atoms with van der Waals surface area (Å²) in [4.78, 5) is 13.9. The molecule has 0 amide bonds. The zero-order valence-electron chi connectivity index (χ0n) is 12.2. The molecule has 4 nitrogen and oxygen atoms in total. The minimum Gasteiger partial charge on any atom is -0.465 e. The molecule has 0 rings (SSSR count). The van der Waals surface area contributed by atoms with E-state index in [1.165, 1.54) is 0 Å². The van der Waals surface area contributed by atoms with E-state index in [0.29, 0.717) is 13.2 Å². The highest BCUT2D eigenvalue weighted by Gasteiger charge is 2.22.